The van der Waals surface area contributed by atoms with Crippen molar-refractivity contribution in [2.24, 2.45) is 4.99 Å². The normalized spacial score (nSPS) is 16.0. The molecule has 4 heteroatoms. The van der Waals surface area contributed by atoms with Crippen LogP contribution in [0.5, 0.6) is 0 Å². The van der Waals surface area contributed by atoms with Crippen LogP contribution in [0.3, 0.4) is 0 Å². The number of nitrogens with zero attached hydrogens (tertiary/aromatic N) is 1. The van der Waals surface area contributed by atoms with E-state index >= 15 is 0 Å². The van der Waals surface area contributed by atoms with E-state index in [0.717, 1.165) is 11.1 Å². The number of hydrogen-bond acceptors (Lipinski definition) is 3. The molecule has 0 fully saturated rings. The molecule has 0 unspecified atom stereocenters. The SMILES string of the molecule is Cc1ccccc1C1=NC(=Cc2ccc(F)cc2)C(=O)O1. The fraction of sp³-hybridized carbons (Fsp3) is 0.0588. The van der Waals surface area contributed by atoms with Crippen molar-refractivity contribution in [3.8, 4) is 0 Å². The van der Waals surface area contributed by atoms with Crippen LogP contribution in [-0.2, 0) is 9.53 Å². The lowest BCUT2D eigenvalue weighted by Gasteiger charge is -2.02. The van der Waals surface area contributed by atoms with Crippen molar-refractivity contribution in [2.45, 2.75) is 6.92 Å². The van der Waals surface area contributed by atoms with Crippen molar-refractivity contribution in [1.82, 2.24) is 0 Å². The van der Waals surface area contributed by atoms with Gasteiger partial charge in [-0.3, -0.25) is 0 Å². The lowest BCUT2D eigenvalue weighted by molar-refractivity contribution is -0.129. The fourth-order valence-corrected chi connectivity index (χ4v) is 2.05. The molecule has 0 N–H and O–H groups in total. The summed E-state index contributed by atoms with van der Waals surface area (Å²) in [6, 6.07) is 13.4. The summed E-state index contributed by atoms with van der Waals surface area (Å²) in [4.78, 5) is 16.1. The lowest BCUT2D eigenvalue weighted by Crippen LogP contribution is -2.06. The Bertz CT molecular complexity index is 761. The number of carbonyl (C=O) groups excluding carboxylic acids is 1. The van der Waals surface area contributed by atoms with E-state index in [1.807, 2.05) is 31.2 Å². The minimum absolute atomic E-state index is 0.208. The van der Waals surface area contributed by atoms with E-state index in [-0.39, 0.29) is 11.5 Å². The van der Waals surface area contributed by atoms with Crippen LogP contribution in [0.4, 0.5) is 4.39 Å². The predicted molar refractivity (Wildman–Crippen MR) is 78.2 cm³/mol. The molecular weight excluding hydrogens is 269 g/mol. The monoisotopic (exact) mass is 281 g/mol. The van der Waals surface area contributed by atoms with Gasteiger partial charge in [0, 0.05) is 5.56 Å². The van der Waals surface area contributed by atoms with E-state index in [4.69, 9.17) is 4.74 Å². The number of ether oxygens (including phenoxy) is 1. The van der Waals surface area contributed by atoms with E-state index in [1.165, 1.54) is 12.1 Å². The first-order valence-electron chi connectivity index (χ1n) is 6.47. The number of aliphatic imine (C=N–C) groups is 1. The first kappa shape index (κ1) is 13.2. The van der Waals surface area contributed by atoms with Crippen LogP contribution >= 0.6 is 0 Å². The molecule has 1 aliphatic heterocycles. The Hall–Kier alpha value is -2.75. The molecule has 0 saturated heterocycles. The third kappa shape index (κ3) is 2.74. The molecule has 2 aromatic carbocycles. The van der Waals surface area contributed by atoms with Crippen molar-refractivity contribution >= 4 is 17.9 Å². The van der Waals surface area contributed by atoms with Crippen LogP contribution in [0, 0.1) is 12.7 Å². The zero-order valence-electron chi connectivity index (χ0n) is 11.3. The highest BCUT2D eigenvalue weighted by Crippen LogP contribution is 2.20. The molecule has 21 heavy (non-hydrogen) atoms. The van der Waals surface area contributed by atoms with Crippen molar-refractivity contribution in [3.63, 3.8) is 0 Å². The van der Waals surface area contributed by atoms with Crippen molar-refractivity contribution < 1.29 is 13.9 Å². The third-order valence-corrected chi connectivity index (χ3v) is 3.17. The number of rotatable bonds is 2. The average molecular weight is 281 g/mol. The van der Waals surface area contributed by atoms with Crippen LogP contribution in [0.25, 0.3) is 6.08 Å². The first-order chi connectivity index (χ1) is 10.1. The zero-order chi connectivity index (χ0) is 14.8. The number of halogens is 1. The highest BCUT2D eigenvalue weighted by molar-refractivity contribution is 6.13. The molecule has 1 heterocycles. The molecule has 0 amide bonds. The summed E-state index contributed by atoms with van der Waals surface area (Å²) in [6.45, 7) is 1.92. The van der Waals surface area contributed by atoms with Crippen molar-refractivity contribution in [1.29, 1.82) is 0 Å². The Morgan fingerprint density at radius 1 is 1.10 bits per heavy atom. The largest absolute Gasteiger partial charge is 0.402 e. The quantitative estimate of drug-likeness (QED) is 0.624. The van der Waals surface area contributed by atoms with Gasteiger partial charge in [-0.2, -0.15) is 0 Å². The highest BCUT2D eigenvalue weighted by atomic mass is 19.1. The second-order valence-corrected chi connectivity index (χ2v) is 4.70. The number of hydrogen-bond donors (Lipinski definition) is 0. The van der Waals surface area contributed by atoms with Crippen LogP contribution in [-0.4, -0.2) is 11.9 Å². The van der Waals surface area contributed by atoms with Gasteiger partial charge in [-0.25, -0.2) is 14.2 Å². The number of esters is 1. The topological polar surface area (TPSA) is 38.7 Å². The minimum Gasteiger partial charge on any atom is -0.402 e. The molecular formula is C17H12FNO2. The Morgan fingerprint density at radius 3 is 2.52 bits per heavy atom. The number of carbonyl (C=O) groups is 1. The Morgan fingerprint density at radius 2 is 1.81 bits per heavy atom. The average Bonchev–Trinajstić information content (AvgIpc) is 2.83. The zero-order valence-corrected chi connectivity index (χ0v) is 11.3. The second-order valence-electron chi connectivity index (χ2n) is 4.70. The van der Waals surface area contributed by atoms with E-state index in [9.17, 15) is 9.18 Å². The summed E-state index contributed by atoms with van der Waals surface area (Å²) in [5.74, 6) is -0.528. The molecule has 0 atom stereocenters. The highest BCUT2D eigenvalue weighted by Gasteiger charge is 2.24. The van der Waals surface area contributed by atoms with E-state index in [2.05, 4.69) is 4.99 Å². The number of aryl methyl sites for hydroxylation is 1. The maximum atomic E-state index is 12.9. The molecule has 0 saturated carbocycles. The Labute approximate surface area is 121 Å². The molecule has 2 aromatic rings. The minimum atomic E-state index is -0.502. The van der Waals surface area contributed by atoms with Gasteiger partial charge in [0.1, 0.15) is 5.82 Å². The number of benzene rings is 2. The van der Waals surface area contributed by atoms with Crippen molar-refractivity contribution in [2.75, 3.05) is 0 Å². The fourth-order valence-electron chi connectivity index (χ4n) is 2.05. The Kier molecular flexibility index (Phi) is 3.36. The van der Waals surface area contributed by atoms with Crippen molar-refractivity contribution in [3.05, 3.63) is 76.7 Å². The maximum absolute atomic E-state index is 12.9. The summed E-state index contributed by atoms with van der Waals surface area (Å²) in [5.41, 5.74) is 2.67. The molecule has 0 bridgehead atoms. The smallest absolute Gasteiger partial charge is 0.363 e. The molecule has 0 radical (unpaired) electrons. The van der Waals surface area contributed by atoms with Gasteiger partial charge in [0.05, 0.1) is 0 Å². The second kappa shape index (κ2) is 5.32. The molecule has 0 spiro atoms. The van der Waals surface area contributed by atoms with Crippen LogP contribution < -0.4 is 0 Å². The third-order valence-electron chi connectivity index (χ3n) is 3.17. The molecule has 0 aliphatic carbocycles. The standard InChI is InChI=1S/C17H12FNO2/c1-11-4-2-3-5-14(11)16-19-15(17(20)21-16)10-12-6-8-13(18)9-7-12/h2-10H,1H3. The van der Waals surface area contributed by atoms with Gasteiger partial charge in [-0.05, 0) is 42.3 Å². The summed E-state index contributed by atoms with van der Waals surface area (Å²) in [6.07, 6.45) is 1.58. The summed E-state index contributed by atoms with van der Waals surface area (Å²) >= 11 is 0. The number of cyclic esters (lactones) is 1. The van der Waals surface area contributed by atoms with Gasteiger partial charge in [0.2, 0.25) is 5.90 Å². The van der Waals surface area contributed by atoms with Crippen LogP contribution in [0.1, 0.15) is 16.7 Å². The Balaban J connectivity index is 1.96. The van der Waals surface area contributed by atoms with Crippen LogP contribution in [0.15, 0.2) is 59.2 Å². The summed E-state index contributed by atoms with van der Waals surface area (Å²) in [5, 5.41) is 0. The lowest BCUT2D eigenvalue weighted by atomic mass is 10.1. The molecule has 3 rings (SSSR count). The molecule has 1 aliphatic rings. The van der Waals surface area contributed by atoms with Gasteiger partial charge in [-0.1, -0.05) is 30.3 Å². The summed E-state index contributed by atoms with van der Waals surface area (Å²) < 4.78 is 18.1. The van der Waals surface area contributed by atoms with Gasteiger partial charge >= 0.3 is 5.97 Å². The van der Waals surface area contributed by atoms with E-state index in [1.54, 1.807) is 18.2 Å². The molecule has 3 nitrogen and oxygen atoms in total. The maximum Gasteiger partial charge on any atom is 0.363 e. The van der Waals surface area contributed by atoms with Gasteiger partial charge in [-0.15, -0.1) is 0 Å². The summed E-state index contributed by atoms with van der Waals surface area (Å²) in [7, 11) is 0. The van der Waals surface area contributed by atoms with Gasteiger partial charge in [0.25, 0.3) is 0 Å². The van der Waals surface area contributed by atoms with Crippen LogP contribution in [0.2, 0.25) is 0 Å². The molecule has 0 aromatic heterocycles. The van der Waals surface area contributed by atoms with Gasteiger partial charge < -0.3 is 4.74 Å². The first-order valence-corrected chi connectivity index (χ1v) is 6.47. The van der Waals surface area contributed by atoms with Gasteiger partial charge in [0.15, 0.2) is 5.70 Å². The predicted octanol–water partition coefficient (Wildman–Crippen LogP) is 3.48. The van der Waals surface area contributed by atoms with E-state index < -0.39 is 5.97 Å². The van der Waals surface area contributed by atoms with E-state index in [0.29, 0.717) is 11.5 Å². The molecule has 104 valence electrons.